The van der Waals surface area contributed by atoms with E-state index in [0.717, 1.165) is 36.5 Å². The minimum atomic E-state index is -4.14. The minimum Gasteiger partial charge on any atom is -0.478 e. The van der Waals surface area contributed by atoms with E-state index in [-0.39, 0.29) is 4.90 Å². The van der Waals surface area contributed by atoms with Crippen molar-refractivity contribution in [2.75, 3.05) is 4.72 Å². The fraction of sp³-hybridized carbons (Fsp3) is 0.208. The Bertz CT molecular complexity index is 1260. The van der Waals surface area contributed by atoms with Crippen molar-refractivity contribution in [3.63, 3.8) is 0 Å². The van der Waals surface area contributed by atoms with Gasteiger partial charge in [-0.2, -0.15) is 0 Å². The molecule has 3 aromatic rings. The highest BCUT2D eigenvalue weighted by molar-refractivity contribution is 7.92. The number of nitrogens with one attached hydrogen (secondary N) is 1. The molecule has 0 aliphatic carbocycles. The molecule has 3 aromatic carbocycles. The summed E-state index contributed by atoms with van der Waals surface area (Å²) >= 11 is 0. The van der Waals surface area contributed by atoms with Crippen LogP contribution in [0, 0.1) is 10.1 Å². The molecule has 0 heterocycles. The van der Waals surface area contributed by atoms with Gasteiger partial charge in [-0.15, -0.1) is 0 Å². The van der Waals surface area contributed by atoms with Gasteiger partial charge < -0.3 is 5.11 Å². The van der Waals surface area contributed by atoms with E-state index in [1.807, 2.05) is 18.2 Å². The van der Waals surface area contributed by atoms with Gasteiger partial charge in [0.1, 0.15) is 0 Å². The van der Waals surface area contributed by atoms with Crippen molar-refractivity contribution in [1.82, 2.24) is 0 Å². The third kappa shape index (κ3) is 6.17. The fourth-order valence-corrected chi connectivity index (χ4v) is 4.90. The number of unbranched alkanes of at least 4 members (excludes halogenated alkanes) is 2. The lowest BCUT2D eigenvalue weighted by Gasteiger charge is -2.13. The van der Waals surface area contributed by atoms with Crippen LogP contribution in [0.2, 0.25) is 0 Å². The Morgan fingerprint density at radius 2 is 1.42 bits per heavy atom. The molecule has 8 nitrogen and oxygen atoms in total. The van der Waals surface area contributed by atoms with Gasteiger partial charge in [0.05, 0.1) is 16.2 Å². The van der Waals surface area contributed by atoms with Crippen molar-refractivity contribution in [2.45, 2.75) is 37.0 Å². The van der Waals surface area contributed by atoms with Gasteiger partial charge in [-0.1, -0.05) is 55.0 Å². The normalized spacial score (nSPS) is 11.2. The summed E-state index contributed by atoms with van der Waals surface area (Å²) in [6, 6.07) is 19.1. The first-order chi connectivity index (χ1) is 15.8. The van der Waals surface area contributed by atoms with Crippen LogP contribution in [0.5, 0.6) is 0 Å². The first-order valence-corrected chi connectivity index (χ1v) is 11.9. The number of para-hydroxylation sites is 2. The number of rotatable bonds is 11. The number of carbonyl (C=O) groups is 1. The molecule has 0 aromatic heterocycles. The Kier molecular flexibility index (Phi) is 7.78. The molecule has 0 bridgehead atoms. The molecular weight excluding hydrogens is 444 g/mol. The molecule has 9 heteroatoms. The zero-order valence-corrected chi connectivity index (χ0v) is 18.6. The summed E-state index contributed by atoms with van der Waals surface area (Å²) in [7, 11) is -4.14. The first-order valence-electron chi connectivity index (χ1n) is 10.4. The van der Waals surface area contributed by atoms with Gasteiger partial charge in [-0.05, 0) is 55.0 Å². The van der Waals surface area contributed by atoms with Gasteiger partial charge in [-0.25, -0.2) is 13.2 Å². The van der Waals surface area contributed by atoms with Crippen molar-refractivity contribution in [3.8, 4) is 0 Å². The number of nitrogens with zero attached hydrogens (tertiary/aromatic N) is 1. The van der Waals surface area contributed by atoms with E-state index in [2.05, 4.69) is 4.72 Å². The minimum absolute atomic E-state index is 0.312. The summed E-state index contributed by atoms with van der Waals surface area (Å²) in [5, 5.41) is 20.5. The average Bonchev–Trinajstić information content (AvgIpc) is 2.80. The Morgan fingerprint density at radius 1 is 0.848 bits per heavy atom. The average molecular weight is 469 g/mol. The molecule has 3 rings (SSSR count). The lowest BCUT2D eigenvalue weighted by molar-refractivity contribution is -0.387. The fourth-order valence-electron chi connectivity index (χ4n) is 3.63. The molecule has 172 valence electrons. The summed E-state index contributed by atoms with van der Waals surface area (Å²) in [5.74, 6) is -0.939. The maximum Gasteiger partial charge on any atom is 0.335 e. The molecule has 0 aliphatic rings. The Balaban J connectivity index is 1.64. The van der Waals surface area contributed by atoms with Crippen LogP contribution in [0.3, 0.4) is 0 Å². The number of nitro benzene ring substituents is 1. The lowest BCUT2D eigenvalue weighted by Crippen LogP contribution is -2.15. The highest BCUT2D eigenvalue weighted by Crippen LogP contribution is 2.27. The van der Waals surface area contributed by atoms with E-state index in [1.165, 1.54) is 18.2 Å². The van der Waals surface area contributed by atoms with E-state index in [9.17, 15) is 28.4 Å². The van der Waals surface area contributed by atoms with Crippen molar-refractivity contribution in [3.05, 3.63) is 99.6 Å². The van der Waals surface area contributed by atoms with Crippen LogP contribution in [0.25, 0.3) is 0 Å². The third-order valence-electron chi connectivity index (χ3n) is 5.25. The number of sulfonamides is 1. The Labute approximate surface area is 192 Å². The molecule has 0 saturated heterocycles. The van der Waals surface area contributed by atoms with Gasteiger partial charge in [-0.3, -0.25) is 14.8 Å². The van der Waals surface area contributed by atoms with Crippen LogP contribution >= 0.6 is 0 Å². The molecule has 0 atom stereocenters. The number of aryl methyl sites for hydroxylation is 2. The smallest absolute Gasteiger partial charge is 0.335 e. The number of hydrogen-bond acceptors (Lipinski definition) is 5. The molecule has 0 aliphatic heterocycles. The third-order valence-corrected chi connectivity index (χ3v) is 6.67. The predicted octanol–water partition coefficient (Wildman–Crippen LogP) is 5.05. The van der Waals surface area contributed by atoms with Crippen LogP contribution in [0.1, 0.15) is 40.7 Å². The van der Waals surface area contributed by atoms with Gasteiger partial charge in [0.15, 0.2) is 4.90 Å². The predicted molar refractivity (Wildman–Crippen MR) is 125 cm³/mol. The number of aromatic carboxylic acids is 1. The van der Waals surface area contributed by atoms with Crippen LogP contribution in [-0.2, 0) is 22.9 Å². The molecule has 0 amide bonds. The van der Waals surface area contributed by atoms with Crippen LogP contribution in [-0.4, -0.2) is 24.4 Å². The van der Waals surface area contributed by atoms with E-state index < -0.39 is 26.6 Å². The topological polar surface area (TPSA) is 127 Å². The van der Waals surface area contributed by atoms with E-state index in [4.69, 9.17) is 0 Å². The van der Waals surface area contributed by atoms with Crippen molar-refractivity contribution < 1.29 is 23.2 Å². The Hall–Kier alpha value is -3.72. The van der Waals surface area contributed by atoms with Crippen molar-refractivity contribution >= 4 is 27.4 Å². The van der Waals surface area contributed by atoms with Crippen molar-refractivity contribution in [2.24, 2.45) is 0 Å². The summed E-state index contributed by atoms with van der Waals surface area (Å²) in [6.45, 7) is 0. The zero-order valence-electron chi connectivity index (χ0n) is 17.8. The molecule has 0 radical (unpaired) electrons. The molecule has 0 unspecified atom stereocenters. The number of carboxylic acid groups (broad SMARTS) is 1. The quantitative estimate of drug-likeness (QED) is 0.230. The number of carboxylic acids is 1. The van der Waals surface area contributed by atoms with Gasteiger partial charge in [0, 0.05) is 6.07 Å². The molecule has 33 heavy (non-hydrogen) atoms. The van der Waals surface area contributed by atoms with Crippen molar-refractivity contribution in [1.29, 1.82) is 0 Å². The van der Waals surface area contributed by atoms with E-state index in [1.54, 1.807) is 30.3 Å². The number of hydrogen-bond donors (Lipinski definition) is 2. The first kappa shape index (κ1) is 23.9. The second-order valence-electron chi connectivity index (χ2n) is 7.51. The molecular formula is C24H24N2O6S. The van der Waals surface area contributed by atoms with Crippen LogP contribution in [0.4, 0.5) is 11.4 Å². The lowest BCUT2D eigenvalue weighted by atomic mass is 9.99. The highest BCUT2D eigenvalue weighted by Gasteiger charge is 2.25. The van der Waals surface area contributed by atoms with E-state index in [0.29, 0.717) is 24.1 Å². The van der Waals surface area contributed by atoms with Crippen LogP contribution < -0.4 is 4.72 Å². The highest BCUT2D eigenvalue weighted by atomic mass is 32.2. The monoisotopic (exact) mass is 468 g/mol. The number of benzene rings is 3. The maximum atomic E-state index is 12.8. The maximum absolute atomic E-state index is 12.8. The molecule has 0 saturated carbocycles. The molecule has 0 spiro atoms. The number of nitro groups is 1. The van der Waals surface area contributed by atoms with Gasteiger partial charge in [0.25, 0.3) is 15.7 Å². The van der Waals surface area contributed by atoms with Gasteiger partial charge in [0.2, 0.25) is 0 Å². The molecule has 2 N–H and O–H groups in total. The summed E-state index contributed by atoms with van der Waals surface area (Å²) in [6.07, 6.45) is 3.66. The molecule has 0 fully saturated rings. The zero-order chi connectivity index (χ0) is 23.8. The SMILES string of the molecule is O=C(O)c1ccccc1CCCCCc1ccccc1NS(=O)(=O)c1ccccc1[N+](=O)[O-]. The summed E-state index contributed by atoms with van der Waals surface area (Å²) < 4.78 is 28.2. The van der Waals surface area contributed by atoms with E-state index >= 15 is 0 Å². The van der Waals surface area contributed by atoms with Crippen LogP contribution in [0.15, 0.2) is 77.7 Å². The second-order valence-corrected chi connectivity index (χ2v) is 9.16. The van der Waals surface area contributed by atoms with Gasteiger partial charge >= 0.3 is 5.97 Å². The Morgan fingerprint density at radius 3 is 2.12 bits per heavy atom. The second kappa shape index (κ2) is 10.7. The number of anilines is 1. The largest absolute Gasteiger partial charge is 0.478 e. The summed E-state index contributed by atoms with van der Waals surface area (Å²) in [4.78, 5) is 21.4. The standard InChI is InChI=1S/C24H24N2O6S/c27-24(28)20-14-6-4-11-18(20)10-2-1-3-12-19-13-5-7-15-21(19)25-33(31,32)23-17-9-8-16-22(23)26(29)30/h4-9,11,13-17,25H,1-3,10,12H2,(H,27,28). The summed E-state index contributed by atoms with van der Waals surface area (Å²) in [5.41, 5.74) is 1.79.